The van der Waals surface area contributed by atoms with Gasteiger partial charge >= 0.3 is 5.63 Å². The Hall–Kier alpha value is -4.70. The number of rotatable bonds is 2. The molecule has 2 aliphatic rings. The summed E-state index contributed by atoms with van der Waals surface area (Å²) >= 11 is 3.57. The zero-order valence-electron chi connectivity index (χ0n) is 19.4. The molecule has 0 aliphatic carbocycles. The van der Waals surface area contributed by atoms with Gasteiger partial charge in [-0.3, -0.25) is 0 Å². The van der Waals surface area contributed by atoms with Crippen LogP contribution < -0.4 is 19.8 Å². The van der Waals surface area contributed by atoms with Crippen molar-refractivity contribution in [2.75, 3.05) is 6.79 Å². The van der Waals surface area contributed by atoms with Gasteiger partial charge in [0.2, 0.25) is 12.7 Å². The molecular formula is C28H15BrN4O5. The van der Waals surface area contributed by atoms with Crippen molar-refractivity contribution < 1.29 is 18.6 Å². The molecule has 3 aromatic heterocycles. The molecule has 10 heteroatoms. The number of aromatic nitrogens is 4. The topological polar surface area (TPSA) is 101 Å². The molecular weight excluding hydrogens is 552 g/mol. The first-order valence-corrected chi connectivity index (χ1v) is 12.6. The summed E-state index contributed by atoms with van der Waals surface area (Å²) in [6.07, 6.45) is 1.56. The van der Waals surface area contributed by atoms with Crippen molar-refractivity contribution in [1.82, 2.24) is 19.6 Å². The highest BCUT2D eigenvalue weighted by Gasteiger charge is 2.37. The molecule has 0 N–H and O–H groups in total. The van der Waals surface area contributed by atoms with Crippen LogP contribution >= 0.6 is 15.9 Å². The largest absolute Gasteiger partial charge is 0.454 e. The van der Waals surface area contributed by atoms with Crippen LogP contribution in [0.3, 0.4) is 0 Å². The highest BCUT2D eigenvalue weighted by molar-refractivity contribution is 9.10. The summed E-state index contributed by atoms with van der Waals surface area (Å²) < 4.78 is 25.5. The third-order valence-corrected chi connectivity index (χ3v) is 7.27. The van der Waals surface area contributed by atoms with E-state index < -0.39 is 11.5 Å². The first kappa shape index (κ1) is 21.4. The number of fused-ring (bicyclic) bond motifs is 7. The van der Waals surface area contributed by atoms with Gasteiger partial charge in [-0.1, -0.05) is 40.2 Å². The average Bonchev–Trinajstić information content (AvgIpc) is 3.59. The van der Waals surface area contributed by atoms with Crippen LogP contribution in [0.5, 0.6) is 23.1 Å². The SMILES string of the molecule is O=c1oc2ccccc2c2c1C(c1cccc(Br)c1)c1c(ncn3nc(-c4ccc5c(c4)OCO5)nc13)O2. The third kappa shape index (κ3) is 3.10. The molecule has 0 fully saturated rings. The Bertz CT molecular complexity index is 2000. The van der Waals surface area contributed by atoms with Crippen LogP contribution in [0.2, 0.25) is 0 Å². The van der Waals surface area contributed by atoms with Crippen molar-refractivity contribution in [1.29, 1.82) is 0 Å². The van der Waals surface area contributed by atoms with E-state index in [-0.39, 0.29) is 6.79 Å². The quantitative estimate of drug-likeness (QED) is 0.246. The molecule has 0 saturated carbocycles. The minimum absolute atomic E-state index is 0.178. The Morgan fingerprint density at radius 2 is 1.84 bits per heavy atom. The van der Waals surface area contributed by atoms with Crippen molar-refractivity contribution in [3.8, 4) is 34.5 Å². The van der Waals surface area contributed by atoms with Gasteiger partial charge in [-0.05, 0) is 48.0 Å². The third-order valence-electron chi connectivity index (χ3n) is 6.77. The summed E-state index contributed by atoms with van der Waals surface area (Å²) in [5.41, 5.74) is 3.11. The van der Waals surface area contributed by atoms with Crippen LogP contribution in [-0.2, 0) is 0 Å². The maximum atomic E-state index is 13.5. The molecule has 2 aliphatic heterocycles. The van der Waals surface area contributed by atoms with Crippen molar-refractivity contribution in [3.63, 3.8) is 0 Å². The minimum atomic E-state index is -0.558. The lowest BCUT2D eigenvalue weighted by atomic mass is 9.84. The van der Waals surface area contributed by atoms with E-state index in [4.69, 9.17) is 23.6 Å². The van der Waals surface area contributed by atoms with Gasteiger partial charge in [-0.25, -0.2) is 19.3 Å². The fourth-order valence-electron chi connectivity index (χ4n) is 5.11. The molecule has 0 saturated heterocycles. The number of para-hydroxylation sites is 1. The van der Waals surface area contributed by atoms with E-state index in [0.717, 1.165) is 15.6 Å². The van der Waals surface area contributed by atoms with Crippen LogP contribution in [-0.4, -0.2) is 26.4 Å². The van der Waals surface area contributed by atoms with E-state index >= 15 is 0 Å². The van der Waals surface area contributed by atoms with Crippen LogP contribution in [0.25, 0.3) is 28.0 Å². The molecule has 0 bridgehead atoms. The second kappa shape index (κ2) is 7.90. The van der Waals surface area contributed by atoms with Crippen molar-refractivity contribution in [3.05, 3.63) is 105 Å². The Kier molecular flexibility index (Phi) is 4.45. The van der Waals surface area contributed by atoms with Crippen LogP contribution in [0, 0.1) is 0 Å². The molecule has 38 heavy (non-hydrogen) atoms. The Morgan fingerprint density at radius 1 is 0.947 bits per heavy atom. The summed E-state index contributed by atoms with van der Waals surface area (Å²) in [7, 11) is 0. The number of benzene rings is 3. The fraction of sp³-hybridized carbons (Fsp3) is 0.0714. The summed E-state index contributed by atoms with van der Waals surface area (Å²) in [6, 6.07) is 20.6. The number of hydrogen-bond acceptors (Lipinski definition) is 8. The first-order valence-electron chi connectivity index (χ1n) is 11.8. The second-order valence-electron chi connectivity index (χ2n) is 8.95. The van der Waals surface area contributed by atoms with Crippen LogP contribution in [0.4, 0.5) is 0 Å². The number of nitrogens with zero attached hydrogens (tertiary/aromatic N) is 4. The van der Waals surface area contributed by atoms with E-state index in [1.54, 1.807) is 16.9 Å². The lowest BCUT2D eigenvalue weighted by molar-refractivity contribution is 0.174. The standard InChI is InChI=1S/C28H15BrN4O5/c29-16-5-3-4-14(10-16)21-22-24(17-6-1-2-7-18(17)37-28(22)34)38-27-23(21)26-31-25(32-33(26)12-30-27)15-8-9-19-20(11-15)36-13-35-19/h1-12,21H,13H2. The molecule has 0 spiro atoms. The number of halogens is 1. The van der Waals surface area contributed by atoms with Crippen molar-refractivity contribution in [2.24, 2.45) is 0 Å². The maximum Gasteiger partial charge on any atom is 0.344 e. The molecule has 1 atom stereocenters. The summed E-state index contributed by atoms with van der Waals surface area (Å²) in [5.74, 6) is 2.02. The van der Waals surface area contributed by atoms with Crippen molar-refractivity contribution >= 4 is 32.5 Å². The fourth-order valence-corrected chi connectivity index (χ4v) is 5.52. The molecule has 0 amide bonds. The van der Waals surface area contributed by atoms with E-state index in [1.807, 2.05) is 60.7 Å². The predicted molar refractivity (Wildman–Crippen MR) is 140 cm³/mol. The first-order chi connectivity index (χ1) is 18.6. The van der Waals surface area contributed by atoms with Gasteiger partial charge in [0.15, 0.2) is 28.7 Å². The smallest absolute Gasteiger partial charge is 0.344 e. The highest BCUT2D eigenvalue weighted by atomic mass is 79.9. The Balaban J connectivity index is 1.40. The van der Waals surface area contributed by atoms with Gasteiger partial charge in [0, 0.05) is 10.0 Å². The summed E-state index contributed by atoms with van der Waals surface area (Å²) in [5, 5.41) is 5.36. The van der Waals surface area contributed by atoms with E-state index in [9.17, 15) is 4.79 Å². The summed E-state index contributed by atoms with van der Waals surface area (Å²) in [6.45, 7) is 0.178. The lowest BCUT2D eigenvalue weighted by Crippen LogP contribution is -2.22. The molecule has 184 valence electrons. The molecule has 6 aromatic rings. The van der Waals surface area contributed by atoms with Gasteiger partial charge in [0.1, 0.15) is 11.9 Å². The van der Waals surface area contributed by atoms with Gasteiger partial charge in [0.05, 0.1) is 22.4 Å². The molecule has 1 unspecified atom stereocenters. The molecule has 0 radical (unpaired) electrons. The van der Waals surface area contributed by atoms with Gasteiger partial charge in [-0.15, -0.1) is 5.10 Å². The monoisotopic (exact) mass is 566 g/mol. The Morgan fingerprint density at radius 3 is 2.76 bits per heavy atom. The Labute approximate surface area is 222 Å². The molecule has 9 nitrogen and oxygen atoms in total. The normalized spacial score (nSPS) is 15.3. The lowest BCUT2D eigenvalue weighted by Gasteiger charge is -2.27. The van der Waals surface area contributed by atoms with Crippen LogP contribution in [0.15, 0.2) is 86.7 Å². The zero-order chi connectivity index (χ0) is 25.4. The van der Waals surface area contributed by atoms with Crippen LogP contribution in [0.1, 0.15) is 22.6 Å². The number of ether oxygens (including phenoxy) is 3. The van der Waals surface area contributed by atoms with E-state index in [1.165, 1.54) is 0 Å². The number of hydrogen-bond donors (Lipinski definition) is 0. The van der Waals surface area contributed by atoms with Gasteiger partial charge < -0.3 is 18.6 Å². The van der Waals surface area contributed by atoms with Gasteiger partial charge in [0.25, 0.3) is 0 Å². The van der Waals surface area contributed by atoms with E-state index in [0.29, 0.717) is 56.7 Å². The van der Waals surface area contributed by atoms with Gasteiger partial charge in [-0.2, -0.15) is 0 Å². The van der Waals surface area contributed by atoms with Crippen molar-refractivity contribution in [2.45, 2.75) is 5.92 Å². The molecule has 5 heterocycles. The summed E-state index contributed by atoms with van der Waals surface area (Å²) in [4.78, 5) is 23.0. The van der Waals surface area contributed by atoms with E-state index in [2.05, 4.69) is 26.0 Å². The predicted octanol–water partition coefficient (Wildman–Crippen LogP) is 5.67. The second-order valence-corrected chi connectivity index (χ2v) is 9.87. The molecule has 3 aromatic carbocycles. The zero-order valence-corrected chi connectivity index (χ0v) is 21.0. The average molecular weight is 567 g/mol. The minimum Gasteiger partial charge on any atom is -0.454 e. The molecule has 8 rings (SSSR count). The highest BCUT2D eigenvalue weighted by Crippen LogP contribution is 2.49. The maximum absolute atomic E-state index is 13.5.